The fourth-order valence-corrected chi connectivity index (χ4v) is 2.58. The number of benzene rings is 1. The molecule has 0 heterocycles. The van der Waals surface area contributed by atoms with E-state index in [1.807, 2.05) is 12.1 Å². The van der Waals surface area contributed by atoms with Gasteiger partial charge < -0.3 is 5.32 Å². The van der Waals surface area contributed by atoms with Crippen LogP contribution in [0.25, 0.3) is 0 Å². The molecular formula is C15H22ClN. The van der Waals surface area contributed by atoms with Crippen molar-refractivity contribution in [3.63, 3.8) is 0 Å². The van der Waals surface area contributed by atoms with E-state index in [4.69, 9.17) is 11.6 Å². The first-order valence-electron chi connectivity index (χ1n) is 6.64. The SMILES string of the molecule is CC(C)CC(CNC1CC1)c1ccccc1Cl. The van der Waals surface area contributed by atoms with E-state index < -0.39 is 0 Å². The molecule has 1 aliphatic rings. The van der Waals surface area contributed by atoms with Gasteiger partial charge in [-0.3, -0.25) is 0 Å². The fraction of sp³-hybridized carbons (Fsp3) is 0.600. The number of hydrogen-bond donors (Lipinski definition) is 1. The molecule has 0 saturated heterocycles. The predicted molar refractivity (Wildman–Crippen MR) is 74.7 cm³/mol. The minimum Gasteiger partial charge on any atom is -0.313 e. The van der Waals surface area contributed by atoms with E-state index in [9.17, 15) is 0 Å². The molecular weight excluding hydrogens is 230 g/mol. The lowest BCUT2D eigenvalue weighted by atomic mass is 9.90. The molecule has 1 aromatic carbocycles. The van der Waals surface area contributed by atoms with Gasteiger partial charge in [0, 0.05) is 17.6 Å². The topological polar surface area (TPSA) is 12.0 Å². The van der Waals surface area contributed by atoms with Crippen molar-refractivity contribution in [3.05, 3.63) is 34.9 Å². The third kappa shape index (κ3) is 4.01. The third-order valence-corrected chi connectivity index (χ3v) is 3.68. The molecule has 1 atom stereocenters. The molecule has 1 nitrogen and oxygen atoms in total. The van der Waals surface area contributed by atoms with E-state index in [1.54, 1.807) is 0 Å². The molecule has 1 saturated carbocycles. The van der Waals surface area contributed by atoms with Gasteiger partial charge in [0.05, 0.1) is 0 Å². The van der Waals surface area contributed by atoms with Crippen LogP contribution in [0.4, 0.5) is 0 Å². The first-order chi connectivity index (χ1) is 8.16. The zero-order valence-electron chi connectivity index (χ0n) is 10.7. The largest absolute Gasteiger partial charge is 0.313 e. The Morgan fingerprint density at radius 3 is 2.59 bits per heavy atom. The second-order valence-corrected chi connectivity index (χ2v) is 5.94. The highest BCUT2D eigenvalue weighted by atomic mass is 35.5. The number of rotatable bonds is 6. The van der Waals surface area contributed by atoms with Crippen LogP contribution in [0.15, 0.2) is 24.3 Å². The van der Waals surface area contributed by atoms with Gasteiger partial charge in [0.25, 0.3) is 0 Å². The maximum atomic E-state index is 6.31. The summed E-state index contributed by atoms with van der Waals surface area (Å²) in [7, 11) is 0. The van der Waals surface area contributed by atoms with Crippen molar-refractivity contribution in [1.29, 1.82) is 0 Å². The molecule has 1 N–H and O–H groups in total. The highest BCUT2D eigenvalue weighted by Crippen LogP contribution is 2.30. The summed E-state index contributed by atoms with van der Waals surface area (Å²) in [6.45, 7) is 5.62. The molecule has 0 amide bonds. The van der Waals surface area contributed by atoms with Gasteiger partial charge in [0.15, 0.2) is 0 Å². The highest BCUT2D eigenvalue weighted by molar-refractivity contribution is 6.31. The highest BCUT2D eigenvalue weighted by Gasteiger charge is 2.23. The third-order valence-electron chi connectivity index (χ3n) is 3.33. The van der Waals surface area contributed by atoms with Crippen LogP contribution in [0.2, 0.25) is 5.02 Å². The Balaban J connectivity index is 2.04. The standard InChI is InChI=1S/C15H22ClN/c1-11(2)9-12(10-17-13-7-8-13)14-5-3-4-6-15(14)16/h3-6,11-13,17H,7-10H2,1-2H3. The van der Waals surface area contributed by atoms with Gasteiger partial charge in [-0.2, -0.15) is 0 Å². The minimum atomic E-state index is 0.546. The zero-order valence-corrected chi connectivity index (χ0v) is 11.5. The molecule has 2 heteroatoms. The maximum Gasteiger partial charge on any atom is 0.0441 e. The Morgan fingerprint density at radius 2 is 2.00 bits per heavy atom. The Labute approximate surface area is 110 Å². The van der Waals surface area contributed by atoms with Crippen molar-refractivity contribution in [2.75, 3.05) is 6.54 Å². The van der Waals surface area contributed by atoms with E-state index in [0.29, 0.717) is 11.8 Å². The molecule has 17 heavy (non-hydrogen) atoms. The average Bonchev–Trinajstić information content (AvgIpc) is 3.08. The Hall–Kier alpha value is -0.530. The molecule has 0 aromatic heterocycles. The second kappa shape index (κ2) is 5.88. The monoisotopic (exact) mass is 251 g/mol. The normalized spacial score (nSPS) is 17.4. The smallest absolute Gasteiger partial charge is 0.0441 e. The Morgan fingerprint density at radius 1 is 1.29 bits per heavy atom. The van der Waals surface area contributed by atoms with Gasteiger partial charge in [-0.25, -0.2) is 0 Å². The fourth-order valence-electron chi connectivity index (χ4n) is 2.29. The van der Waals surface area contributed by atoms with Gasteiger partial charge in [-0.15, -0.1) is 0 Å². The van der Waals surface area contributed by atoms with Gasteiger partial charge in [0.1, 0.15) is 0 Å². The predicted octanol–water partition coefficient (Wildman–Crippen LogP) is 4.22. The van der Waals surface area contributed by atoms with Crippen LogP contribution in [0.3, 0.4) is 0 Å². The summed E-state index contributed by atoms with van der Waals surface area (Å²) >= 11 is 6.31. The van der Waals surface area contributed by atoms with Crippen molar-refractivity contribution in [2.24, 2.45) is 5.92 Å². The van der Waals surface area contributed by atoms with Crippen LogP contribution >= 0.6 is 11.6 Å². The van der Waals surface area contributed by atoms with E-state index in [-0.39, 0.29) is 0 Å². The number of nitrogens with one attached hydrogen (secondary N) is 1. The lowest BCUT2D eigenvalue weighted by Crippen LogP contribution is -2.24. The Kier molecular flexibility index (Phi) is 4.47. The second-order valence-electron chi connectivity index (χ2n) is 5.53. The summed E-state index contributed by atoms with van der Waals surface area (Å²) in [6.07, 6.45) is 3.89. The molecule has 0 aliphatic heterocycles. The average molecular weight is 252 g/mol. The van der Waals surface area contributed by atoms with Crippen LogP contribution < -0.4 is 5.32 Å². The first-order valence-corrected chi connectivity index (χ1v) is 7.02. The molecule has 0 radical (unpaired) electrons. The minimum absolute atomic E-state index is 0.546. The molecule has 94 valence electrons. The first kappa shape index (κ1) is 12.9. The van der Waals surface area contributed by atoms with Crippen LogP contribution in [-0.2, 0) is 0 Å². The Bertz CT molecular complexity index is 358. The van der Waals surface area contributed by atoms with Gasteiger partial charge in [-0.05, 0) is 42.7 Å². The molecule has 1 aliphatic carbocycles. The summed E-state index contributed by atoms with van der Waals surface area (Å²) in [5, 5.41) is 4.54. The maximum absolute atomic E-state index is 6.31. The van der Waals surface area contributed by atoms with Crippen LogP contribution in [0, 0.1) is 5.92 Å². The molecule has 2 rings (SSSR count). The molecule has 0 bridgehead atoms. The molecule has 1 aromatic rings. The molecule has 0 spiro atoms. The summed E-state index contributed by atoms with van der Waals surface area (Å²) in [5.41, 5.74) is 1.30. The van der Waals surface area contributed by atoms with Gasteiger partial charge in [0.2, 0.25) is 0 Å². The van der Waals surface area contributed by atoms with Crippen LogP contribution in [0.1, 0.15) is 44.6 Å². The van der Waals surface area contributed by atoms with Crippen molar-refractivity contribution < 1.29 is 0 Å². The van der Waals surface area contributed by atoms with E-state index >= 15 is 0 Å². The summed E-state index contributed by atoms with van der Waals surface area (Å²) < 4.78 is 0. The van der Waals surface area contributed by atoms with E-state index in [1.165, 1.54) is 24.8 Å². The summed E-state index contributed by atoms with van der Waals surface area (Å²) in [6, 6.07) is 9.04. The van der Waals surface area contributed by atoms with Crippen molar-refractivity contribution >= 4 is 11.6 Å². The summed E-state index contributed by atoms with van der Waals surface area (Å²) in [4.78, 5) is 0. The van der Waals surface area contributed by atoms with Crippen molar-refractivity contribution in [1.82, 2.24) is 5.32 Å². The van der Waals surface area contributed by atoms with Crippen LogP contribution in [-0.4, -0.2) is 12.6 Å². The van der Waals surface area contributed by atoms with Crippen molar-refractivity contribution in [2.45, 2.75) is 45.1 Å². The lowest BCUT2D eigenvalue weighted by molar-refractivity contribution is 0.469. The molecule has 1 fully saturated rings. The lowest BCUT2D eigenvalue weighted by Gasteiger charge is -2.21. The molecule has 1 unspecified atom stereocenters. The van der Waals surface area contributed by atoms with E-state index in [2.05, 4.69) is 31.3 Å². The van der Waals surface area contributed by atoms with Crippen molar-refractivity contribution in [3.8, 4) is 0 Å². The van der Waals surface area contributed by atoms with Crippen LogP contribution in [0.5, 0.6) is 0 Å². The number of halogens is 1. The summed E-state index contributed by atoms with van der Waals surface area (Å²) in [5.74, 6) is 1.25. The van der Waals surface area contributed by atoms with E-state index in [0.717, 1.165) is 17.6 Å². The van der Waals surface area contributed by atoms with Gasteiger partial charge in [-0.1, -0.05) is 43.6 Å². The quantitative estimate of drug-likeness (QED) is 0.798. The number of hydrogen-bond acceptors (Lipinski definition) is 1. The van der Waals surface area contributed by atoms with Gasteiger partial charge >= 0.3 is 0 Å². The zero-order chi connectivity index (χ0) is 12.3.